The van der Waals surface area contributed by atoms with Crippen LogP contribution in [0.3, 0.4) is 0 Å². The van der Waals surface area contributed by atoms with Gasteiger partial charge in [-0.15, -0.1) is 10.2 Å². The second-order valence-corrected chi connectivity index (χ2v) is 7.60. The lowest BCUT2D eigenvalue weighted by atomic mass is 10.1. The van der Waals surface area contributed by atoms with Gasteiger partial charge in [-0.1, -0.05) is 23.9 Å². The molecule has 1 aromatic heterocycles. The van der Waals surface area contributed by atoms with Crippen molar-refractivity contribution in [1.82, 2.24) is 15.1 Å². The van der Waals surface area contributed by atoms with Crippen LogP contribution in [0.1, 0.15) is 36.8 Å². The number of hydrogen-bond acceptors (Lipinski definition) is 6. The van der Waals surface area contributed by atoms with Crippen molar-refractivity contribution in [2.24, 2.45) is 0 Å². The Balaban J connectivity index is 1.55. The van der Waals surface area contributed by atoms with Crippen LogP contribution in [-0.4, -0.2) is 39.3 Å². The minimum absolute atomic E-state index is 0.133. The molecule has 0 saturated carbocycles. The van der Waals surface area contributed by atoms with E-state index in [2.05, 4.69) is 10.2 Å². The van der Waals surface area contributed by atoms with Gasteiger partial charge in [0.2, 0.25) is 5.91 Å². The van der Waals surface area contributed by atoms with Gasteiger partial charge in [0, 0.05) is 13.1 Å². The van der Waals surface area contributed by atoms with Crippen molar-refractivity contribution in [1.29, 1.82) is 0 Å². The van der Waals surface area contributed by atoms with E-state index in [4.69, 9.17) is 9.15 Å². The van der Waals surface area contributed by atoms with Gasteiger partial charge < -0.3 is 14.1 Å². The van der Waals surface area contributed by atoms with Gasteiger partial charge in [0.1, 0.15) is 5.75 Å². The van der Waals surface area contributed by atoms with Crippen molar-refractivity contribution in [3.63, 3.8) is 0 Å². The first kappa shape index (κ1) is 17.8. The second-order valence-electron chi connectivity index (χ2n) is 6.31. The lowest BCUT2D eigenvalue weighted by Crippen LogP contribution is -2.34. The second kappa shape index (κ2) is 7.91. The van der Waals surface area contributed by atoms with Gasteiger partial charge in [0.25, 0.3) is 11.1 Å². The van der Waals surface area contributed by atoms with Crippen LogP contribution in [0.15, 0.2) is 27.8 Å². The van der Waals surface area contributed by atoms with Gasteiger partial charge in [0.15, 0.2) is 6.61 Å². The van der Waals surface area contributed by atoms with E-state index >= 15 is 0 Å². The Morgan fingerprint density at radius 3 is 2.84 bits per heavy atom. The number of aryl methyl sites for hydroxylation is 2. The SMILES string of the molecule is Cc1ccc(C)c(OCc2nnc(SC(C)C(=O)N3CCCC3)o2)c1. The van der Waals surface area contributed by atoms with E-state index in [0.717, 1.165) is 42.8 Å². The zero-order chi connectivity index (χ0) is 17.8. The first-order valence-corrected chi connectivity index (χ1v) is 9.39. The summed E-state index contributed by atoms with van der Waals surface area (Å²) in [5.41, 5.74) is 2.20. The third-order valence-corrected chi connectivity index (χ3v) is 5.11. The summed E-state index contributed by atoms with van der Waals surface area (Å²) in [7, 11) is 0. The Bertz CT molecular complexity index is 741. The van der Waals surface area contributed by atoms with Gasteiger partial charge in [-0.25, -0.2) is 0 Å². The van der Waals surface area contributed by atoms with Crippen molar-refractivity contribution in [2.45, 2.75) is 50.7 Å². The summed E-state index contributed by atoms with van der Waals surface area (Å²) in [5.74, 6) is 1.35. The predicted molar refractivity (Wildman–Crippen MR) is 95.7 cm³/mol. The molecule has 3 rings (SSSR count). The van der Waals surface area contributed by atoms with Gasteiger partial charge in [-0.3, -0.25) is 4.79 Å². The molecular weight excluding hydrogens is 338 g/mol. The minimum atomic E-state index is -0.230. The summed E-state index contributed by atoms with van der Waals surface area (Å²) in [6, 6.07) is 6.05. The molecule has 6 nitrogen and oxygen atoms in total. The topological polar surface area (TPSA) is 68.5 Å². The molecule has 1 amide bonds. The molecule has 2 aromatic rings. The van der Waals surface area contributed by atoms with Crippen LogP contribution in [-0.2, 0) is 11.4 Å². The molecule has 0 aliphatic carbocycles. The fraction of sp³-hybridized carbons (Fsp3) is 0.500. The molecule has 2 heterocycles. The number of hydrogen-bond donors (Lipinski definition) is 0. The maximum atomic E-state index is 12.3. The Labute approximate surface area is 151 Å². The van der Waals surface area contributed by atoms with E-state index in [-0.39, 0.29) is 17.8 Å². The fourth-order valence-electron chi connectivity index (χ4n) is 2.74. The molecule has 0 bridgehead atoms. The van der Waals surface area contributed by atoms with E-state index in [1.807, 2.05) is 43.9 Å². The highest BCUT2D eigenvalue weighted by atomic mass is 32.2. The molecule has 25 heavy (non-hydrogen) atoms. The van der Waals surface area contributed by atoms with E-state index in [0.29, 0.717) is 11.1 Å². The number of thioether (sulfide) groups is 1. The normalized spacial score (nSPS) is 15.4. The van der Waals surface area contributed by atoms with Gasteiger partial charge in [-0.05, 0) is 50.8 Å². The zero-order valence-corrected chi connectivity index (χ0v) is 15.6. The number of amides is 1. The summed E-state index contributed by atoms with van der Waals surface area (Å²) < 4.78 is 11.4. The van der Waals surface area contributed by atoms with Crippen LogP contribution in [0.25, 0.3) is 0 Å². The highest BCUT2D eigenvalue weighted by Crippen LogP contribution is 2.25. The molecule has 0 radical (unpaired) electrons. The average molecular weight is 361 g/mol. The molecule has 1 atom stereocenters. The highest BCUT2D eigenvalue weighted by Gasteiger charge is 2.25. The number of benzene rings is 1. The summed E-state index contributed by atoms with van der Waals surface area (Å²) in [6.07, 6.45) is 2.17. The van der Waals surface area contributed by atoms with Crippen LogP contribution in [0.2, 0.25) is 0 Å². The highest BCUT2D eigenvalue weighted by molar-refractivity contribution is 8.00. The summed E-state index contributed by atoms with van der Waals surface area (Å²) >= 11 is 1.30. The van der Waals surface area contributed by atoms with Crippen LogP contribution in [0.4, 0.5) is 0 Å². The lowest BCUT2D eigenvalue weighted by molar-refractivity contribution is -0.129. The van der Waals surface area contributed by atoms with Gasteiger partial charge in [-0.2, -0.15) is 0 Å². The Kier molecular flexibility index (Phi) is 5.63. The van der Waals surface area contributed by atoms with Crippen molar-refractivity contribution < 1.29 is 13.9 Å². The monoisotopic (exact) mass is 361 g/mol. The molecule has 1 aromatic carbocycles. The van der Waals surface area contributed by atoms with Crippen LogP contribution < -0.4 is 4.74 Å². The first-order chi connectivity index (χ1) is 12.0. The number of carbonyl (C=O) groups excluding carboxylic acids is 1. The van der Waals surface area contributed by atoms with E-state index in [1.54, 1.807) is 0 Å². The van der Waals surface area contributed by atoms with Crippen molar-refractivity contribution in [2.75, 3.05) is 13.1 Å². The molecule has 1 aliphatic rings. The lowest BCUT2D eigenvalue weighted by Gasteiger charge is -2.18. The molecule has 1 saturated heterocycles. The Hall–Kier alpha value is -2.02. The average Bonchev–Trinajstić information content (AvgIpc) is 3.27. The molecule has 1 aliphatic heterocycles. The summed E-state index contributed by atoms with van der Waals surface area (Å²) in [5, 5.41) is 8.19. The Morgan fingerprint density at radius 2 is 2.08 bits per heavy atom. The van der Waals surface area contributed by atoms with Gasteiger partial charge >= 0.3 is 0 Å². The number of aromatic nitrogens is 2. The molecule has 7 heteroatoms. The summed E-state index contributed by atoms with van der Waals surface area (Å²) in [6.45, 7) is 7.81. The number of ether oxygens (including phenoxy) is 1. The van der Waals surface area contributed by atoms with Crippen molar-refractivity contribution in [3.8, 4) is 5.75 Å². The predicted octanol–water partition coefficient (Wildman–Crippen LogP) is 3.37. The largest absolute Gasteiger partial charge is 0.484 e. The smallest absolute Gasteiger partial charge is 0.277 e. The zero-order valence-electron chi connectivity index (χ0n) is 14.8. The molecule has 1 unspecified atom stereocenters. The quantitative estimate of drug-likeness (QED) is 0.735. The van der Waals surface area contributed by atoms with Crippen molar-refractivity contribution in [3.05, 3.63) is 35.2 Å². The number of nitrogens with zero attached hydrogens (tertiary/aromatic N) is 3. The maximum absolute atomic E-state index is 12.3. The van der Waals surface area contributed by atoms with E-state index in [1.165, 1.54) is 11.8 Å². The van der Waals surface area contributed by atoms with Gasteiger partial charge in [0.05, 0.1) is 5.25 Å². The minimum Gasteiger partial charge on any atom is -0.484 e. The number of likely N-dealkylation sites (tertiary alicyclic amines) is 1. The molecular formula is C18H23N3O3S. The van der Waals surface area contributed by atoms with E-state index in [9.17, 15) is 4.79 Å². The fourth-order valence-corrected chi connectivity index (χ4v) is 3.53. The maximum Gasteiger partial charge on any atom is 0.277 e. The third kappa shape index (κ3) is 4.54. The third-order valence-electron chi connectivity index (χ3n) is 4.19. The van der Waals surface area contributed by atoms with Crippen molar-refractivity contribution >= 4 is 17.7 Å². The van der Waals surface area contributed by atoms with E-state index < -0.39 is 0 Å². The molecule has 0 spiro atoms. The molecule has 0 N–H and O–H groups in total. The summed E-state index contributed by atoms with van der Waals surface area (Å²) in [4.78, 5) is 14.2. The van der Waals surface area contributed by atoms with Crippen LogP contribution >= 0.6 is 11.8 Å². The van der Waals surface area contributed by atoms with Crippen LogP contribution in [0.5, 0.6) is 5.75 Å². The number of rotatable bonds is 6. The van der Waals surface area contributed by atoms with Crippen LogP contribution in [0, 0.1) is 13.8 Å². The number of carbonyl (C=O) groups is 1. The molecule has 1 fully saturated rings. The Morgan fingerprint density at radius 1 is 1.32 bits per heavy atom. The first-order valence-electron chi connectivity index (χ1n) is 8.51. The molecule has 134 valence electrons. The standard InChI is InChI=1S/C18H23N3O3S/c1-12-6-7-13(2)15(10-12)23-11-16-19-20-18(24-16)25-14(3)17(22)21-8-4-5-9-21/h6-7,10,14H,4-5,8-9,11H2,1-3H3.